The molecule has 0 saturated carbocycles. The van der Waals surface area contributed by atoms with E-state index >= 15 is 0 Å². The van der Waals surface area contributed by atoms with Crippen LogP contribution < -0.4 is 5.32 Å². The van der Waals surface area contributed by atoms with Crippen LogP contribution >= 0.6 is 27.5 Å². The molecule has 5 nitrogen and oxygen atoms in total. The van der Waals surface area contributed by atoms with E-state index in [4.69, 9.17) is 11.6 Å². The van der Waals surface area contributed by atoms with Gasteiger partial charge in [-0.1, -0.05) is 11.6 Å². The van der Waals surface area contributed by atoms with Gasteiger partial charge in [-0.3, -0.25) is 4.98 Å². The maximum absolute atomic E-state index is 11.6. The average Bonchev–Trinajstić information content (AvgIpc) is 2.48. The number of hydrogen-bond donors (Lipinski definition) is 1. The van der Waals surface area contributed by atoms with Crippen molar-refractivity contribution in [3.8, 4) is 0 Å². The summed E-state index contributed by atoms with van der Waals surface area (Å²) >= 11 is 9.25. The molecule has 0 saturated heterocycles. The van der Waals surface area contributed by atoms with E-state index in [0.717, 1.165) is 5.56 Å². The lowest BCUT2D eigenvalue weighted by Crippen LogP contribution is -2.09. The molecule has 7 heteroatoms. The monoisotopic (exact) mass is 355 g/mol. The predicted octanol–water partition coefficient (Wildman–Crippen LogP) is 3.29. The zero-order chi connectivity index (χ0) is 14.5. The SMILES string of the molecule is COC(=O)c1nc(Cl)cc(NCc2ccncc2)c1Br. The highest BCUT2D eigenvalue weighted by molar-refractivity contribution is 9.10. The van der Waals surface area contributed by atoms with Gasteiger partial charge in [0.05, 0.1) is 17.3 Å². The minimum Gasteiger partial charge on any atom is -0.464 e. The van der Waals surface area contributed by atoms with Gasteiger partial charge >= 0.3 is 5.97 Å². The first-order valence-corrected chi connectivity index (χ1v) is 6.86. The molecule has 2 aromatic heterocycles. The second-order valence-electron chi connectivity index (χ2n) is 3.86. The first-order valence-electron chi connectivity index (χ1n) is 5.69. The number of anilines is 1. The second kappa shape index (κ2) is 6.67. The fourth-order valence-electron chi connectivity index (χ4n) is 1.56. The minimum absolute atomic E-state index is 0.136. The fourth-order valence-corrected chi connectivity index (χ4v) is 2.26. The Hall–Kier alpha value is -1.66. The van der Waals surface area contributed by atoms with Gasteiger partial charge in [0.25, 0.3) is 0 Å². The fraction of sp³-hybridized carbons (Fsp3) is 0.154. The van der Waals surface area contributed by atoms with E-state index in [1.54, 1.807) is 18.5 Å². The number of aromatic nitrogens is 2. The number of esters is 1. The number of nitrogens with one attached hydrogen (secondary N) is 1. The summed E-state index contributed by atoms with van der Waals surface area (Å²) in [4.78, 5) is 19.5. The van der Waals surface area contributed by atoms with Gasteiger partial charge in [0.1, 0.15) is 5.15 Å². The molecule has 20 heavy (non-hydrogen) atoms. The van der Waals surface area contributed by atoms with Crippen LogP contribution in [0.3, 0.4) is 0 Å². The average molecular weight is 357 g/mol. The summed E-state index contributed by atoms with van der Waals surface area (Å²) in [5.41, 5.74) is 1.86. The number of rotatable bonds is 4. The highest BCUT2D eigenvalue weighted by Crippen LogP contribution is 2.29. The van der Waals surface area contributed by atoms with Gasteiger partial charge in [-0.25, -0.2) is 9.78 Å². The summed E-state index contributed by atoms with van der Waals surface area (Å²) in [5.74, 6) is -0.550. The summed E-state index contributed by atoms with van der Waals surface area (Å²) in [5, 5.41) is 3.40. The van der Waals surface area contributed by atoms with Crippen molar-refractivity contribution in [2.45, 2.75) is 6.54 Å². The van der Waals surface area contributed by atoms with Crippen LogP contribution in [0.2, 0.25) is 5.15 Å². The van der Waals surface area contributed by atoms with Crippen LogP contribution in [-0.4, -0.2) is 23.0 Å². The molecule has 0 fully saturated rings. The minimum atomic E-state index is -0.550. The Balaban J connectivity index is 2.23. The summed E-state index contributed by atoms with van der Waals surface area (Å²) in [6.45, 7) is 0.572. The first kappa shape index (κ1) is 14.7. The van der Waals surface area contributed by atoms with Crippen molar-refractivity contribution < 1.29 is 9.53 Å². The smallest absolute Gasteiger partial charge is 0.357 e. The number of carbonyl (C=O) groups excluding carboxylic acids is 1. The zero-order valence-electron chi connectivity index (χ0n) is 10.6. The Morgan fingerprint density at radius 3 is 2.80 bits per heavy atom. The summed E-state index contributed by atoms with van der Waals surface area (Å²) < 4.78 is 5.18. The van der Waals surface area contributed by atoms with Crippen LogP contribution in [0.15, 0.2) is 35.1 Å². The van der Waals surface area contributed by atoms with E-state index in [9.17, 15) is 4.79 Å². The van der Waals surface area contributed by atoms with E-state index in [2.05, 4.69) is 36.0 Å². The molecule has 0 unspecified atom stereocenters. The Labute approximate surface area is 129 Å². The van der Waals surface area contributed by atoms with Gasteiger partial charge in [-0.15, -0.1) is 0 Å². The molecule has 2 aromatic rings. The molecular weight excluding hydrogens is 346 g/mol. The maximum Gasteiger partial charge on any atom is 0.357 e. The normalized spacial score (nSPS) is 10.2. The summed E-state index contributed by atoms with van der Waals surface area (Å²) in [7, 11) is 1.29. The van der Waals surface area contributed by atoms with Crippen molar-refractivity contribution >= 4 is 39.2 Å². The molecule has 0 aromatic carbocycles. The van der Waals surface area contributed by atoms with Crippen LogP contribution in [0.1, 0.15) is 16.1 Å². The van der Waals surface area contributed by atoms with E-state index in [-0.39, 0.29) is 10.8 Å². The van der Waals surface area contributed by atoms with Crippen LogP contribution in [0.25, 0.3) is 0 Å². The molecule has 0 aliphatic carbocycles. The lowest BCUT2D eigenvalue weighted by molar-refractivity contribution is 0.0593. The molecule has 2 rings (SSSR count). The molecule has 0 atom stereocenters. The van der Waals surface area contributed by atoms with E-state index in [0.29, 0.717) is 16.7 Å². The lowest BCUT2D eigenvalue weighted by Gasteiger charge is -2.11. The maximum atomic E-state index is 11.6. The number of hydrogen-bond acceptors (Lipinski definition) is 5. The molecule has 0 bridgehead atoms. The van der Waals surface area contributed by atoms with Crippen LogP contribution in [0.4, 0.5) is 5.69 Å². The van der Waals surface area contributed by atoms with Gasteiger partial charge in [0.15, 0.2) is 5.69 Å². The van der Waals surface area contributed by atoms with Gasteiger partial charge in [-0.05, 0) is 39.7 Å². The first-order chi connectivity index (χ1) is 9.61. The molecule has 0 aliphatic rings. The van der Waals surface area contributed by atoms with Crippen LogP contribution in [0.5, 0.6) is 0 Å². The van der Waals surface area contributed by atoms with E-state index in [1.807, 2.05) is 12.1 Å². The third-order valence-corrected chi connectivity index (χ3v) is 3.53. The Morgan fingerprint density at radius 1 is 1.45 bits per heavy atom. The van der Waals surface area contributed by atoms with Crippen LogP contribution in [0, 0.1) is 0 Å². The number of nitrogens with zero attached hydrogens (tertiary/aromatic N) is 2. The number of ether oxygens (including phenoxy) is 1. The summed E-state index contributed by atoms with van der Waals surface area (Å²) in [6.07, 6.45) is 3.43. The lowest BCUT2D eigenvalue weighted by atomic mass is 10.2. The number of methoxy groups -OCH3 is 1. The van der Waals surface area contributed by atoms with Gasteiger partial charge in [0.2, 0.25) is 0 Å². The Bertz CT molecular complexity index is 623. The molecule has 2 heterocycles. The Kier molecular flexibility index (Phi) is 4.92. The molecule has 0 amide bonds. The van der Waals surface area contributed by atoms with Crippen molar-refractivity contribution in [1.82, 2.24) is 9.97 Å². The number of carbonyl (C=O) groups is 1. The van der Waals surface area contributed by atoms with E-state index in [1.165, 1.54) is 7.11 Å². The molecule has 0 aliphatic heterocycles. The van der Waals surface area contributed by atoms with Gasteiger partial charge in [0, 0.05) is 18.9 Å². The zero-order valence-corrected chi connectivity index (χ0v) is 12.9. The van der Waals surface area contributed by atoms with Crippen molar-refractivity contribution in [3.05, 3.63) is 51.5 Å². The second-order valence-corrected chi connectivity index (χ2v) is 5.04. The topological polar surface area (TPSA) is 64.1 Å². The Morgan fingerprint density at radius 2 is 2.15 bits per heavy atom. The van der Waals surface area contributed by atoms with Gasteiger partial charge < -0.3 is 10.1 Å². The molecule has 0 radical (unpaired) electrons. The van der Waals surface area contributed by atoms with Crippen molar-refractivity contribution in [2.24, 2.45) is 0 Å². The highest BCUT2D eigenvalue weighted by atomic mass is 79.9. The quantitative estimate of drug-likeness (QED) is 0.673. The van der Waals surface area contributed by atoms with Crippen molar-refractivity contribution in [3.63, 3.8) is 0 Å². The third-order valence-electron chi connectivity index (χ3n) is 2.54. The van der Waals surface area contributed by atoms with Gasteiger partial charge in [-0.2, -0.15) is 0 Å². The molecule has 1 N–H and O–H groups in total. The molecule has 0 spiro atoms. The van der Waals surface area contributed by atoms with Crippen molar-refractivity contribution in [1.29, 1.82) is 0 Å². The van der Waals surface area contributed by atoms with E-state index < -0.39 is 5.97 Å². The van der Waals surface area contributed by atoms with Crippen LogP contribution in [-0.2, 0) is 11.3 Å². The molecular formula is C13H11BrClN3O2. The number of halogens is 2. The third kappa shape index (κ3) is 3.46. The largest absolute Gasteiger partial charge is 0.464 e. The summed E-state index contributed by atoms with van der Waals surface area (Å²) in [6, 6.07) is 5.43. The molecule has 104 valence electrons. The van der Waals surface area contributed by atoms with Crippen molar-refractivity contribution in [2.75, 3.05) is 12.4 Å². The highest BCUT2D eigenvalue weighted by Gasteiger charge is 2.17. The standard InChI is InChI=1S/C13H11BrClN3O2/c1-20-13(19)12-11(14)9(6-10(15)18-12)17-7-8-2-4-16-5-3-8/h2-6H,7H2,1H3,(H,17,18). The predicted molar refractivity (Wildman–Crippen MR) is 79.9 cm³/mol. The number of pyridine rings is 2.